The smallest absolute Gasteiger partial charge is 0.254 e. The lowest BCUT2D eigenvalue weighted by Crippen LogP contribution is -2.34. The van der Waals surface area contributed by atoms with Gasteiger partial charge >= 0.3 is 0 Å². The van der Waals surface area contributed by atoms with E-state index >= 15 is 0 Å². The van der Waals surface area contributed by atoms with Crippen molar-refractivity contribution in [1.29, 1.82) is 0 Å². The number of hydrogen-bond donors (Lipinski definition) is 3. The van der Waals surface area contributed by atoms with Crippen molar-refractivity contribution in [2.45, 2.75) is 25.9 Å². The van der Waals surface area contributed by atoms with E-state index in [1.165, 1.54) is 4.90 Å². The van der Waals surface area contributed by atoms with Gasteiger partial charge in [-0.05, 0) is 35.4 Å². The number of aliphatic hydroxyl groups is 1. The van der Waals surface area contributed by atoms with E-state index in [4.69, 9.17) is 5.73 Å². The molecule has 0 radical (unpaired) electrons. The summed E-state index contributed by atoms with van der Waals surface area (Å²) in [6.45, 7) is 0.822. The van der Waals surface area contributed by atoms with Crippen molar-refractivity contribution in [3.05, 3.63) is 59.2 Å². The maximum absolute atomic E-state index is 12.7. The fourth-order valence-corrected chi connectivity index (χ4v) is 3.40. The van der Waals surface area contributed by atoms with Crippen molar-refractivity contribution in [1.82, 2.24) is 4.90 Å². The van der Waals surface area contributed by atoms with Crippen molar-refractivity contribution in [2.75, 3.05) is 30.4 Å². The maximum atomic E-state index is 12.7. The van der Waals surface area contributed by atoms with Crippen LogP contribution in [0, 0.1) is 0 Å². The maximum Gasteiger partial charge on any atom is 0.254 e. The molecule has 30 heavy (non-hydrogen) atoms. The van der Waals surface area contributed by atoms with Gasteiger partial charge in [0.25, 0.3) is 5.91 Å². The van der Waals surface area contributed by atoms with Crippen LogP contribution in [-0.4, -0.2) is 47.9 Å². The Morgan fingerprint density at radius 2 is 1.90 bits per heavy atom. The molecule has 158 valence electrons. The highest BCUT2D eigenvalue weighted by molar-refractivity contribution is 6.02. The third kappa shape index (κ3) is 4.84. The van der Waals surface area contributed by atoms with Crippen molar-refractivity contribution in [2.24, 2.45) is 5.73 Å². The number of rotatable bonds is 8. The lowest BCUT2D eigenvalue weighted by atomic mass is 10.1. The van der Waals surface area contributed by atoms with E-state index in [2.05, 4.69) is 5.32 Å². The van der Waals surface area contributed by atoms with Crippen LogP contribution in [0.4, 0.5) is 11.4 Å². The molecule has 0 unspecified atom stereocenters. The van der Waals surface area contributed by atoms with E-state index in [-0.39, 0.29) is 43.7 Å². The zero-order valence-electron chi connectivity index (χ0n) is 16.9. The molecule has 0 aliphatic carbocycles. The molecule has 0 aromatic heterocycles. The lowest BCUT2D eigenvalue weighted by molar-refractivity contribution is -0.122. The van der Waals surface area contributed by atoms with Gasteiger partial charge in [0.1, 0.15) is 0 Å². The number of benzene rings is 2. The summed E-state index contributed by atoms with van der Waals surface area (Å²) in [7, 11) is 1.72. The first-order valence-electron chi connectivity index (χ1n) is 9.81. The Kier molecular flexibility index (Phi) is 6.81. The Morgan fingerprint density at radius 1 is 1.17 bits per heavy atom. The van der Waals surface area contributed by atoms with Crippen LogP contribution in [0.25, 0.3) is 0 Å². The first kappa shape index (κ1) is 21.5. The van der Waals surface area contributed by atoms with Crippen molar-refractivity contribution in [3.63, 3.8) is 0 Å². The zero-order valence-corrected chi connectivity index (χ0v) is 16.9. The Balaban J connectivity index is 1.63. The van der Waals surface area contributed by atoms with Gasteiger partial charge in [-0.3, -0.25) is 14.4 Å². The van der Waals surface area contributed by atoms with E-state index < -0.39 is 0 Å². The number of anilines is 2. The molecule has 0 spiro atoms. The largest absolute Gasteiger partial charge is 0.395 e. The van der Waals surface area contributed by atoms with E-state index in [0.717, 1.165) is 11.1 Å². The Morgan fingerprint density at radius 3 is 2.57 bits per heavy atom. The molecule has 3 rings (SSSR count). The van der Waals surface area contributed by atoms with Gasteiger partial charge in [0.05, 0.1) is 6.61 Å². The van der Waals surface area contributed by atoms with Gasteiger partial charge in [-0.1, -0.05) is 18.2 Å². The molecule has 1 heterocycles. The minimum atomic E-state index is -0.295. The van der Waals surface area contributed by atoms with Crippen LogP contribution in [0.5, 0.6) is 0 Å². The highest BCUT2D eigenvalue weighted by Gasteiger charge is 2.26. The van der Waals surface area contributed by atoms with E-state index in [1.807, 2.05) is 18.2 Å². The highest BCUT2D eigenvalue weighted by Crippen LogP contribution is 2.27. The van der Waals surface area contributed by atoms with Crippen LogP contribution in [0.3, 0.4) is 0 Å². The highest BCUT2D eigenvalue weighted by atomic mass is 16.3. The molecule has 0 fully saturated rings. The third-order valence-corrected chi connectivity index (χ3v) is 5.05. The van der Waals surface area contributed by atoms with Crippen molar-refractivity contribution >= 4 is 29.1 Å². The van der Waals surface area contributed by atoms with Crippen LogP contribution >= 0.6 is 0 Å². The molecule has 0 bridgehead atoms. The number of carbonyl (C=O) groups excluding carboxylic acids is 3. The standard InChI is InChI=1S/C22H26N4O4/c1-25-14-16-4-7-18(12-19(16)22(25)30)26(10-11-27)21(29)9-8-20(28)24-17-5-2-15(13-23)3-6-17/h2-7,12,27H,8-11,13-14,23H2,1H3,(H,24,28). The molecular weight excluding hydrogens is 384 g/mol. The van der Waals surface area contributed by atoms with Crippen LogP contribution in [0.1, 0.15) is 34.3 Å². The summed E-state index contributed by atoms with van der Waals surface area (Å²) < 4.78 is 0. The Labute approximate surface area is 175 Å². The molecule has 8 nitrogen and oxygen atoms in total. The van der Waals surface area contributed by atoms with Gasteiger partial charge in [-0.25, -0.2) is 0 Å². The quantitative estimate of drug-likeness (QED) is 0.610. The molecule has 8 heteroatoms. The van der Waals surface area contributed by atoms with Gasteiger partial charge in [0.15, 0.2) is 0 Å². The fraction of sp³-hybridized carbons (Fsp3) is 0.318. The first-order chi connectivity index (χ1) is 14.4. The van der Waals surface area contributed by atoms with Crippen LogP contribution in [0.15, 0.2) is 42.5 Å². The van der Waals surface area contributed by atoms with E-state index in [1.54, 1.807) is 36.2 Å². The molecule has 1 aliphatic rings. The van der Waals surface area contributed by atoms with Gasteiger partial charge in [0.2, 0.25) is 11.8 Å². The number of hydrogen-bond acceptors (Lipinski definition) is 5. The lowest BCUT2D eigenvalue weighted by Gasteiger charge is -2.22. The zero-order chi connectivity index (χ0) is 21.7. The number of nitrogens with two attached hydrogens (primary N) is 1. The number of nitrogens with one attached hydrogen (secondary N) is 1. The predicted molar refractivity (Wildman–Crippen MR) is 114 cm³/mol. The van der Waals surface area contributed by atoms with Gasteiger partial charge in [0, 0.05) is 56.5 Å². The van der Waals surface area contributed by atoms with Gasteiger partial charge in [-0.15, -0.1) is 0 Å². The van der Waals surface area contributed by atoms with Crippen LogP contribution in [0.2, 0.25) is 0 Å². The normalized spacial score (nSPS) is 12.6. The molecule has 1 aliphatic heterocycles. The summed E-state index contributed by atoms with van der Waals surface area (Å²) in [5.74, 6) is -0.668. The molecular formula is C22H26N4O4. The molecule has 0 saturated carbocycles. The minimum absolute atomic E-state index is 0.00596. The topological polar surface area (TPSA) is 116 Å². The SMILES string of the molecule is CN1Cc2ccc(N(CCO)C(=O)CCC(=O)Nc3ccc(CN)cc3)cc2C1=O. The number of aliphatic hydroxyl groups excluding tert-OH is 1. The van der Waals surface area contributed by atoms with Gasteiger partial charge in [-0.2, -0.15) is 0 Å². The fourth-order valence-electron chi connectivity index (χ4n) is 3.40. The molecule has 0 saturated heterocycles. The summed E-state index contributed by atoms with van der Waals surface area (Å²) in [5, 5.41) is 12.1. The van der Waals surface area contributed by atoms with E-state index in [9.17, 15) is 19.5 Å². The second-order valence-corrected chi connectivity index (χ2v) is 7.22. The second kappa shape index (κ2) is 9.51. The Hall–Kier alpha value is -3.23. The van der Waals surface area contributed by atoms with Crippen LogP contribution < -0.4 is 16.0 Å². The number of nitrogens with zero attached hydrogens (tertiary/aromatic N) is 2. The number of fused-ring (bicyclic) bond motifs is 1. The minimum Gasteiger partial charge on any atom is -0.395 e. The average Bonchev–Trinajstić information content (AvgIpc) is 3.04. The molecule has 0 atom stereocenters. The summed E-state index contributed by atoms with van der Waals surface area (Å²) in [6.07, 6.45) is -0.0103. The number of amides is 3. The Bertz CT molecular complexity index is 943. The van der Waals surface area contributed by atoms with Crippen molar-refractivity contribution < 1.29 is 19.5 Å². The summed E-state index contributed by atoms with van der Waals surface area (Å²) in [4.78, 5) is 40.2. The first-order valence-corrected chi connectivity index (χ1v) is 9.81. The monoisotopic (exact) mass is 410 g/mol. The number of carbonyl (C=O) groups is 3. The summed E-state index contributed by atoms with van der Waals surface area (Å²) >= 11 is 0. The molecule has 4 N–H and O–H groups in total. The van der Waals surface area contributed by atoms with Crippen LogP contribution in [-0.2, 0) is 22.7 Å². The summed E-state index contributed by atoms with van der Waals surface area (Å²) in [6, 6.07) is 12.4. The van der Waals surface area contributed by atoms with Gasteiger partial charge < -0.3 is 26.0 Å². The molecule has 2 aromatic carbocycles. The average molecular weight is 410 g/mol. The third-order valence-electron chi connectivity index (χ3n) is 5.05. The summed E-state index contributed by atoms with van der Waals surface area (Å²) in [5.41, 5.74) is 9.16. The molecule has 2 aromatic rings. The predicted octanol–water partition coefficient (Wildman–Crippen LogP) is 1.48. The van der Waals surface area contributed by atoms with Crippen molar-refractivity contribution in [3.8, 4) is 0 Å². The van der Waals surface area contributed by atoms with E-state index in [0.29, 0.717) is 30.0 Å². The molecule has 3 amide bonds. The second-order valence-electron chi connectivity index (χ2n) is 7.22.